The molecule has 0 aliphatic carbocycles. The molecule has 0 amide bonds. The molecule has 0 atom stereocenters. The average molecular weight is 473 g/mol. The summed E-state index contributed by atoms with van der Waals surface area (Å²) in [5.41, 5.74) is -4.10. The Hall–Kier alpha value is -3.14. The Morgan fingerprint density at radius 3 is 2.31 bits per heavy atom. The van der Waals surface area contributed by atoms with Crippen molar-refractivity contribution in [2.45, 2.75) is 19.0 Å². The van der Waals surface area contributed by atoms with Crippen molar-refractivity contribution in [1.82, 2.24) is 4.57 Å². The zero-order valence-corrected chi connectivity index (χ0v) is 16.9. The van der Waals surface area contributed by atoms with E-state index in [-0.39, 0.29) is 5.69 Å². The minimum Gasteiger partial charge on any atom is -0.477 e. The van der Waals surface area contributed by atoms with E-state index < -0.39 is 61.9 Å². The van der Waals surface area contributed by atoms with Gasteiger partial charge in [0.2, 0.25) is 5.43 Å². The number of alkyl halides is 3. The van der Waals surface area contributed by atoms with E-state index in [2.05, 4.69) is 0 Å². The van der Waals surface area contributed by atoms with E-state index in [0.717, 1.165) is 22.9 Å². The van der Waals surface area contributed by atoms with E-state index in [4.69, 9.17) is 11.6 Å². The van der Waals surface area contributed by atoms with Crippen molar-refractivity contribution in [2.24, 2.45) is 0 Å². The third kappa shape index (κ3) is 3.58. The Kier molecular flexibility index (Phi) is 5.36. The maximum absolute atomic E-state index is 15.6. The Labute approximate surface area is 182 Å². The lowest BCUT2D eigenvalue weighted by Gasteiger charge is -2.22. The molecule has 0 spiro atoms. The summed E-state index contributed by atoms with van der Waals surface area (Å²) in [5, 5.41) is 8.36. The molecule has 0 saturated carbocycles. The van der Waals surface area contributed by atoms with Gasteiger partial charge < -0.3 is 14.6 Å². The molecule has 32 heavy (non-hydrogen) atoms. The maximum atomic E-state index is 15.6. The zero-order valence-electron chi connectivity index (χ0n) is 16.1. The van der Waals surface area contributed by atoms with Crippen LogP contribution in [0.15, 0.2) is 35.3 Å². The number of rotatable bonds is 3. The number of fused-ring (bicyclic) bond motifs is 1. The van der Waals surface area contributed by atoms with Crippen LogP contribution >= 0.6 is 11.6 Å². The topological polar surface area (TPSA) is 62.5 Å². The highest BCUT2D eigenvalue weighted by Gasteiger charge is 2.32. The van der Waals surface area contributed by atoms with Crippen molar-refractivity contribution >= 4 is 34.2 Å². The van der Waals surface area contributed by atoms with Crippen molar-refractivity contribution in [3.63, 3.8) is 0 Å². The van der Waals surface area contributed by atoms with Crippen molar-refractivity contribution in [3.8, 4) is 5.69 Å². The first kappa shape index (κ1) is 22.1. The first-order valence-electron chi connectivity index (χ1n) is 9.43. The number of hydrogen-bond donors (Lipinski definition) is 1. The van der Waals surface area contributed by atoms with Gasteiger partial charge in [-0.1, -0.05) is 11.6 Å². The monoisotopic (exact) mass is 472 g/mol. The summed E-state index contributed by atoms with van der Waals surface area (Å²) in [7, 11) is 0. The lowest BCUT2D eigenvalue weighted by molar-refractivity contribution is -0.137. The van der Waals surface area contributed by atoms with Crippen LogP contribution in [0.25, 0.3) is 16.6 Å². The van der Waals surface area contributed by atoms with Crippen molar-refractivity contribution in [1.29, 1.82) is 0 Å². The Balaban J connectivity index is 2.09. The highest BCUT2D eigenvalue weighted by atomic mass is 35.5. The molecule has 0 radical (unpaired) electrons. The minimum absolute atomic E-state index is 0.204. The van der Waals surface area contributed by atoms with Crippen LogP contribution in [0.4, 0.5) is 27.6 Å². The fourth-order valence-electron chi connectivity index (χ4n) is 3.86. The molecule has 1 aliphatic heterocycles. The van der Waals surface area contributed by atoms with Crippen molar-refractivity contribution in [3.05, 3.63) is 68.5 Å². The molecule has 1 fully saturated rings. The predicted octanol–water partition coefficient (Wildman–Crippen LogP) is 5.24. The maximum Gasteiger partial charge on any atom is 0.416 e. The van der Waals surface area contributed by atoms with Crippen molar-refractivity contribution < 1.29 is 31.9 Å². The van der Waals surface area contributed by atoms with Gasteiger partial charge in [0.25, 0.3) is 0 Å². The Morgan fingerprint density at radius 2 is 1.75 bits per heavy atom. The van der Waals surface area contributed by atoms with Crippen LogP contribution in [0.2, 0.25) is 5.02 Å². The van der Waals surface area contributed by atoms with Crippen LogP contribution in [0.5, 0.6) is 0 Å². The lowest BCUT2D eigenvalue weighted by Crippen LogP contribution is -2.24. The lowest BCUT2D eigenvalue weighted by atomic mass is 10.1. The average Bonchev–Trinajstić information content (AvgIpc) is 3.22. The molecule has 4 rings (SSSR count). The molecule has 1 N–H and O–H groups in total. The highest BCUT2D eigenvalue weighted by molar-refractivity contribution is 6.32. The van der Waals surface area contributed by atoms with E-state index >= 15 is 4.39 Å². The van der Waals surface area contributed by atoms with E-state index in [1.807, 2.05) is 0 Å². The fraction of sp³-hybridized carbons (Fsp3) is 0.238. The number of nitrogens with zero attached hydrogens (tertiary/aromatic N) is 2. The summed E-state index contributed by atoms with van der Waals surface area (Å²) in [6.07, 6.45) is -2.52. The van der Waals surface area contributed by atoms with Crippen LogP contribution < -0.4 is 10.3 Å². The third-order valence-electron chi connectivity index (χ3n) is 5.34. The molecule has 1 aliphatic rings. The van der Waals surface area contributed by atoms with Gasteiger partial charge in [-0.3, -0.25) is 4.79 Å². The number of aromatic carboxylic acids is 1. The number of carbonyl (C=O) groups is 1. The summed E-state index contributed by atoms with van der Waals surface area (Å²) < 4.78 is 70.4. The number of aromatic nitrogens is 1. The molecule has 2 heterocycles. The molecule has 2 aromatic carbocycles. The van der Waals surface area contributed by atoms with Gasteiger partial charge in [0, 0.05) is 19.3 Å². The summed E-state index contributed by atoms with van der Waals surface area (Å²) >= 11 is 6.04. The van der Waals surface area contributed by atoms with E-state index in [1.165, 1.54) is 4.90 Å². The van der Waals surface area contributed by atoms with Crippen molar-refractivity contribution in [2.75, 3.05) is 18.0 Å². The summed E-state index contributed by atoms with van der Waals surface area (Å²) in [5.74, 6) is -3.84. The standard InChI is InChI=1S/C21H14ClF5N2O3/c22-13-7-10(21(25,26)27)3-4-15(13)29-9-12(20(31)32)19(30)11-8-14(23)18(16(24)17(11)29)28-5-1-2-6-28/h3-4,7-9H,1-2,5-6H2,(H,31,32). The highest BCUT2D eigenvalue weighted by Crippen LogP contribution is 2.36. The summed E-state index contributed by atoms with van der Waals surface area (Å²) in [4.78, 5) is 25.7. The largest absolute Gasteiger partial charge is 0.477 e. The first-order chi connectivity index (χ1) is 15.0. The Morgan fingerprint density at radius 1 is 1.09 bits per heavy atom. The van der Waals surface area contributed by atoms with Gasteiger partial charge in [-0.15, -0.1) is 0 Å². The summed E-state index contributed by atoms with van der Waals surface area (Å²) in [6.45, 7) is 0.746. The van der Waals surface area contributed by atoms with Gasteiger partial charge in [-0.25, -0.2) is 13.6 Å². The van der Waals surface area contributed by atoms with E-state index in [0.29, 0.717) is 38.1 Å². The predicted molar refractivity (Wildman–Crippen MR) is 108 cm³/mol. The molecule has 3 aromatic rings. The first-order valence-corrected chi connectivity index (χ1v) is 9.81. The molecule has 0 bridgehead atoms. The van der Waals surface area contributed by atoms with Gasteiger partial charge in [0.1, 0.15) is 17.1 Å². The van der Waals surface area contributed by atoms with Crippen LogP contribution in [0.1, 0.15) is 28.8 Å². The molecular weight excluding hydrogens is 459 g/mol. The number of hydrogen-bond acceptors (Lipinski definition) is 3. The number of halogens is 6. The molecule has 1 aromatic heterocycles. The second-order valence-electron chi connectivity index (χ2n) is 7.32. The van der Waals surface area contributed by atoms with Gasteiger partial charge >= 0.3 is 12.1 Å². The van der Waals surface area contributed by atoms with Crippen LogP contribution in [0.3, 0.4) is 0 Å². The van der Waals surface area contributed by atoms with Gasteiger partial charge in [0.15, 0.2) is 5.82 Å². The fourth-order valence-corrected chi connectivity index (χ4v) is 4.13. The number of pyridine rings is 1. The molecule has 1 saturated heterocycles. The molecular formula is C21H14ClF5N2O3. The molecule has 0 unspecified atom stereocenters. The summed E-state index contributed by atoms with van der Waals surface area (Å²) in [6, 6.07) is 2.97. The van der Waals surface area contributed by atoms with Crippen LogP contribution in [-0.4, -0.2) is 28.7 Å². The second-order valence-corrected chi connectivity index (χ2v) is 7.73. The SMILES string of the molecule is O=C(O)c1cn(-c2ccc(C(F)(F)F)cc2Cl)c2c(F)c(N3CCCC3)c(F)cc2c1=O. The zero-order chi connectivity index (χ0) is 23.4. The number of carboxylic acid groups (broad SMARTS) is 1. The van der Waals surface area contributed by atoms with Gasteiger partial charge in [-0.2, -0.15) is 13.2 Å². The smallest absolute Gasteiger partial charge is 0.416 e. The van der Waals surface area contributed by atoms with E-state index in [9.17, 15) is 32.3 Å². The second kappa shape index (κ2) is 7.77. The van der Waals surface area contributed by atoms with Crippen LogP contribution in [-0.2, 0) is 6.18 Å². The number of anilines is 1. The quantitative estimate of drug-likeness (QED) is 0.530. The molecule has 168 valence electrons. The molecule has 11 heteroatoms. The van der Waals surface area contributed by atoms with Gasteiger partial charge in [0.05, 0.1) is 27.2 Å². The Bertz CT molecular complexity index is 1310. The number of carboxylic acids is 1. The van der Waals surface area contributed by atoms with Crippen LogP contribution in [0, 0.1) is 11.6 Å². The molecule has 5 nitrogen and oxygen atoms in total. The minimum atomic E-state index is -4.70. The normalized spacial score (nSPS) is 14.4. The number of benzene rings is 2. The van der Waals surface area contributed by atoms with Gasteiger partial charge in [-0.05, 0) is 37.1 Å². The third-order valence-corrected chi connectivity index (χ3v) is 5.65. The van der Waals surface area contributed by atoms with E-state index in [1.54, 1.807) is 0 Å².